The number of rotatable bonds is 5. The number of nitrogen functional groups attached to an aromatic ring is 1. The first-order chi connectivity index (χ1) is 12.6. The highest BCUT2D eigenvalue weighted by atomic mass is 16.5. The second-order valence-corrected chi connectivity index (χ2v) is 6.11. The van der Waals surface area contributed by atoms with E-state index in [0.717, 1.165) is 33.7 Å². The molecule has 3 aromatic rings. The second kappa shape index (κ2) is 7.80. The molecule has 2 aromatic carbocycles. The SMILES string of the molecule is Cc1ccccc1OCc1ccnc(-c2ccc(C(=O)NN)c(C)c2)c1. The number of benzene rings is 2. The number of para-hydroxylation sites is 1. The Morgan fingerprint density at radius 3 is 2.62 bits per heavy atom. The monoisotopic (exact) mass is 347 g/mol. The summed E-state index contributed by atoms with van der Waals surface area (Å²) in [7, 11) is 0. The third-order valence-electron chi connectivity index (χ3n) is 4.21. The maximum Gasteiger partial charge on any atom is 0.265 e. The van der Waals surface area contributed by atoms with Crippen molar-refractivity contribution in [2.75, 3.05) is 0 Å². The number of ether oxygens (including phenoxy) is 1. The lowest BCUT2D eigenvalue weighted by Crippen LogP contribution is -2.30. The number of nitrogens with zero attached hydrogens (tertiary/aromatic N) is 1. The molecule has 1 amide bonds. The van der Waals surface area contributed by atoms with Crippen molar-refractivity contribution in [1.29, 1.82) is 0 Å². The van der Waals surface area contributed by atoms with Gasteiger partial charge < -0.3 is 4.74 Å². The van der Waals surface area contributed by atoms with Crippen LogP contribution in [0.3, 0.4) is 0 Å². The first kappa shape index (κ1) is 17.6. The number of pyridine rings is 1. The van der Waals surface area contributed by atoms with E-state index in [4.69, 9.17) is 10.6 Å². The number of carbonyl (C=O) groups is 1. The van der Waals surface area contributed by atoms with Crippen LogP contribution in [0.2, 0.25) is 0 Å². The van der Waals surface area contributed by atoms with E-state index in [9.17, 15) is 4.79 Å². The number of nitrogens with two attached hydrogens (primary N) is 1. The van der Waals surface area contributed by atoms with Gasteiger partial charge in [-0.1, -0.05) is 24.3 Å². The van der Waals surface area contributed by atoms with Gasteiger partial charge in [0.15, 0.2) is 0 Å². The molecule has 0 saturated carbocycles. The Morgan fingerprint density at radius 2 is 1.88 bits per heavy atom. The van der Waals surface area contributed by atoms with E-state index < -0.39 is 0 Å². The molecule has 26 heavy (non-hydrogen) atoms. The van der Waals surface area contributed by atoms with Gasteiger partial charge in [0.25, 0.3) is 5.91 Å². The summed E-state index contributed by atoms with van der Waals surface area (Å²) in [6.45, 7) is 4.36. The predicted octanol–water partition coefficient (Wildman–Crippen LogP) is 3.55. The highest BCUT2D eigenvalue weighted by molar-refractivity contribution is 5.95. The summed E-state index contributed by atoms with van der Waals surface area (Å²) in [5, 5.41) is 0. The number of nitrogens with one attached hydrogen (secondary N) is 1. The van der Waals surface area contributed by atoms with Crippen LogP contribution >= 0.6 is 0 Å². The van der Waals surface area contributed by atoms with Crippen molar-refractivity contribution in [1.82, 2.24) is 10.4 Å². The molecule has 5 nitrogen and oxygen atoms in total. The Kier molecular flexibility index (Phi) is 5.29. The van der Waals surface area contributed by atoms with Crippen LogP contribution in [0.1, 0.15) is 27.0 Å². The second-order valence-electron chi connectivity index (χ2n) is 6.11. The summed E-state index contributed by atoms with van der Waals surface area (Å²) < 4.78 is 5.91. The van der Waals surface area contributed by atoms with Crippen LogP contribution in [0.4, 0.5) is 0 Å². The molecule has 0 atom stereocenters. The molecule has 5 heteroatoms. The lowest BCUT2D eigenvalue weighted by Gasteiger charge is -2.11. The number of aryl methyl sites for hydroxylation is 2. The summed E-state index contributed by atoms with van der Waals surface area (Å²) in [6, 6.07) is 17.4. The molecule has 0 unspecified atom stereocenters. The Bertz CT molecular complexity index is 938. The average molecular weight is 347 g/mol. The first-order valence-corrected chi connectivity index (χ1v) is 8.34. The van der Waals surface area contributed by atoms with Gasteiger partial charge in [0, 0.05) is 17.3 Å². The molecule has 0 spiro atoms. The lowest BCUT2D eigenvalue weighted by atomic mass is 10.0. The van der Waals surface area contributed by atoms with Crippen molar-refractivity contribution in [3.05, 3.63) is 83.0 Å². The quantitative estimate of drug-likeness (QED) is 0.420. The molecule has 0 bridgehead atoms. The number of aromatic nitrogens is 1. The molecule has 1 aromatic heterocycles. The molecule has 0 aliphatic carbocycles. The molecule has 0 saturated heterocycles. The number of carbonyl (C=O) groups excluding carboxylic acids is 1. The van der Waals surface area contributed by atoms with E-state index in [2.05, 4.69) is 10.4 Å². The van der Waals surface area contributed by atoms with Crippen molar-refractivity contribution in [2.45, 2.75) is 20.5 Å². The molecule has 0 fully saturated rings. The Labute approximate surface area is 152 Å². The molecule has 1 heterocycles. The van der Waals surface area contributed by atoms with Crippen LogP contribution in [-0.2, 0) is 6.61 Å². The Morgan fingerprint density at radius 1 is 1.08 bits per heavy atom. The lowest BCUT2D eigenvalue weighted by molar-refractivity contribution is 0.0953. The fraction of sp³-hybridized carbons (Fsp3) is 0.143. The molecule has 3 N–H and O–H groups in total. The van der Waals surface area contributed by atoms with Gasteiger partial charge in [-0.3, -0.25) is 15.2 Å². The van der Waals surface area contributed by atoms with Crippen molar-refractivity contribution >= 4 is 5.91 Å². The number of hydrazine groups is 1. The molecular weight excluding hydrogens is 326 g/mol. The summed E-state index contributed by atoms with van der Waals surface area (Å²) >= 11 is 0. The third kappa shape index (κ3) is 3.90. The van der Waals surface area contributed by atoms with Crippen molar-refractivity contribution in [2.24, 2.45) is 5.84 Å². The fourth-order valence-electron chi connectivity index (χ4n) is 2.76. The number of hydrogen-bond acceptors (Lipinski definition) is 4. The van der Waals surface area contributed by atoms with Gasteiger partial charge in [0.05, 0.1) is 5.69 Å². The minimum absolute atomic E-state index is 0.303. The van der Waals surface area contributed by atoms with E-state index in [1.807, 2.05) is 62.4 Å². The summed E-state index contributed by atoms with van der Waals surface area (Å²) in [5.74, 6) is 5.78. The minimum atomic E-state index is -0.303. The summed E-state index contributed by atoms with van der Waals surface area (Å²) in [6.07, 6.45) is 1.77. The minimum Gasteiger partial charge on any atom is -0.489 e. The summed E-state index contributed by atoms with van der Waals surface area (Å²) in [4.78, 5) is 16.2. The predicted molar refractivity (Wildman–Crippen MR) is 102 cm³/mol. The molecule has 0 aliphatic heterocycles. The largest absolute Gasteiger partial charge is 0.489 e. The molecule has 0 radical (unpaired) electrons. The Balaban J connectivity index is 1.80. The molecular formula is C21H21N3O2. The van der Waals surface area contributed by atoms with Gasteiger partial charge >= 0.3 is 0 Å². The Hall–Kier alpha value is -3.18. The standard InChI is InChI=1S/C21H21N3O2/c1-14-5-3-4-6-20(14)26-13-16-9-10-23-19(12-16)17-7-8-18(15(2)11-17)21(25)24-22/h3-12H,13,22H2,1-2H3,(H,24,25). The van der Waals surface area contributed by atoms with Crippen molar-refractivity contribution in [3.63, 3.8) is 0 Å². The normalized spacial score (nSPS) is 10.4. The van der Waals surface area contributed by atoms with Gasteiger partial charge in [0.2, 0.25) is 0 Å². The molecule has 3 rings (SSSR count). The van der Waals surface area contributed by atoms with Crippen LogP contribution in [-0.4, -0.2) is 10.9 Å². The van der Waals surface area contributed by atoms with Crippen LogP contribution < -0.4 is 16.0 Å². The van der Waals surface area contributed by atoms with E-state index in [1.54, 1.807) is 12.3 Å². The van der Waals surface area contributed by atoms with Gasteiger partial charge in [0.1, 0.15) is 12.4 Å². The van der Waals surface area contributed by atoms with Gasteiger partial charge in [-0.2, -0.15) is 0 Å². The average Bonchev–Trinajstić information content (AvgIpc) is 2.67. The van der Waals surface area contributed by atoms with Crippen LogP contribution in [0.5, 0.6) is 5.75 Å². The zero-order chi connectivity index (χ0) is 18.5. The van der Waals surface area contributed by atoms with Gasteiger partial charge in [-0.15, -0.1) is 0 Å². The van der Waals surface area contributed by atoms with E-state index in [0.29, 0.717) is 12.2 Å². The smallest absolute Gasteiger partial charge is 0.265 e. The topological polar surface area (TPSA) is 77.2 Å². The maximum absolute atomic E-state index is 11.7. The van der Waals surface area contributed by atoms with Crippen LogP contribution in [0.15, 0.2) is 60.8 Å². The van der Waals surface area contributed by atoms with E-state index in [-0.39, 0.29) is 5.91 Å². The van der Waals surface area contributed by atoms with Crippen molar-refractivity contribution < 1.29 is 9.53 Å². The molecule has 132 valence electrons. The van der Waals surface area contributed by atoms with E-state index >= 15 is 0 Å². The fourth-order valence-corrected chi connectivity index (χ4v) is 2.76. The van der Waals surface area contributed by atoms with Gasteiger partial charge in [-0.25, -0.2) is 5.84 Å². The maximum atomic E-state index is 11.7. The van der Waals surface area contributed by atoms with Gasteiger partial charge in [-0.05, 0) is 60.9 Å². The first-order valence-electron chi connectivity index (χ1n) is 8.34. The third-order valence-corrected chi connectivity index (χ3v) is 4.21. The van der Waals surface area contributed by atoms with Crippen LogP contribution in [0, 0.1) is 13.8 Å². The number of amides is 1. The van der Waals surface area contributed by atoms with Crippen LogP contribution in [0.25, 0.3) is 11.3 Å². The highest BCUT2D eigenvalue weighted by Crippen LogP contribution is 2.23. The molecule has 0 aliphatic rings. The zero-order valence-corrected chi connectivity index (χ0v) is 14.8. The summed E-state index contributed by atoms with van der Waals surface area (Å²) in [5.41, 5.74) is 7.45. The zero-order valence-electron chi connectivity index (χ0n) is 14.8. The van der Waals surface area contributed by atoms with Crippen molar-refractivity contribution in [3.8, 4) is 17.0 Å². The van der Waals surface area contributed by atoms with E-state index in [1.165, 1.54) is 0 Å². The number of hydrogen-bond donors (Lipinski definition) is 2. The highest BCUT2D eigenvalue weighted by Gasteiger charge is 2.10.